The van der Waals surface area contributed by atoms with Crippen LogP contribution in [0.15, 0.2) is 4.52 Å². The lowest BCUT2D eigenvalue weighted by atomic mass is 10.1. The second kappa shape index (κ2) is 6.07. The standard InChI is InChI=1S/C14H21N3O3/c1-4-5-12-14(19)17(7-6-13(18)15-12)8-11-9(2)16-20-10(11)3/h12H,4-8H2,1-3H3,(H,15,18). The third-order valence-corrected chi connectivity index (χ3v) is 3.66. The zero-order valence-corrected chi connectivity index (χ0v) is 12.2. The van der Waals surface area contributed by atoms with E-state index in [1.807, 2.05) is 20.8 Å². The molecular formula is C14H21N3O3. The highest BCUT2D eigenvalue weighted by Gasteiger charge is 2.30. The molecule has 1 aromatic rings. The average molecular weight is 279 g/mol. The Morgan fingerprint density at radius 3 is 2.75 bits per heavy atom. The molecule has 2 heterocycles. The molecule has 1 aliphatic rings. The third kappa shape index (κ3) is 3.00. The van der Waals surface area contributed by atoms with Gasteiger partial charge in [-0.05, 0) is 20.3 Å². The lowest BCUT2D eigenvalue weighted by Crippen LogP contribution is -2.44. The van der Waals surface area contributed by atoms with Crippen molar-refractivity contribution in [1.82, 2.24) is 15.4 Å². The van der Waals surface area contributed by atoms with Gasteiger partial charge in [-0.1, -0.05) is 18.5 Å². The highest BCUT2D eigenvalue weighted by molar-refractivity contribution is 5.89. The molecule has 1 atom stereocenters. The Kier molecular flexibility index (Phi) is 4.42. The smallest absolute Gasteiger partial charge is 0.245 e. The number of aryl methyl sites for hydroxylation is 2. The Labute approximate surface area is 118 Å². The number of aromatic nitrogens is 1. The summed E-state index contributed by atoms with van der Waals surface area (Å²) in [5.41, 5.74) is 1.73. The largest absolute Gasteiger partial charge is 0.361 e. The first-order valence-electron chi connectivity index (χ1n) is 7.02. The van der Waals surface area contributed by atoms with E-state index in [2.05, 4.69) is 10.5 Å². The van der Waals surface area contributed by atoms with Gasteiger partial charge in [-0.15, -0.1) is 0 Å². The molecule has 1 aliphatic heterocycles. The molecule has 110 valence electrons. The molecule has 0 aromatic carbocycles. The van der Waals surface area contributed by atoms with E-state index in [1.54, 1.807) is 4.90 Å². The molecule has 2 rings (SSSR count). The van der Waals surface area contributed by atoms with Crippen LogP contribution in [0.4, 0.5) is 0 Å². The number of nitrogens with zero attached hydrogens (tertiary/aromatic N) is 2. The van der Waals surface area contributed by atoms with E-state index >= 15 is 0 Å². The van der Waals surface area contributed by atoms with Crippen molar-refractivity contribution < 1.29 is 14.1 Å². The molecule has 1 fully saturated rings. The van der Waals surface area contributed by atoms with Crippen LogP contribution in [-0.4, -0.2) is 34.5 Å². The van der Waals surface area contributed by atoms with E-state index < -0.39 is 6.04 Å². The number of hydrogen-bond acceptors (Lipinski definition) is 4. The second-order valence-corrected chi connectivity index (χ2v) is 5.22. The summed E-state index contributed by atoms with van der Waals surface area (Å²) in [6.45, 7) is 6.60. The summed E-state index contributed by atoms with van der Waals surface area (Å²) in [6.07, 6.45) is 1.87. The van der Waals surface area contributed by atoms with Crippen LogP contribution in [0, 0.1) is 13.8 Å². The lowest BCUT2D eigenvalue weighted by Gasteiger charge is -2.23. The van der Waals surface area contributed by atoms with E-state index in [0.29, 0.717) is 25.9 Å². The first-order valence-corrected chi connectivity index (χ1v) is 7.02. The number of carbonyl (C=O) groups is 2. The van der Waals surface area contributed by atoms with Gasteiger partial charge < -0.3 is 14.7 Å². The minimum absolute atomic E-state index is 0.0160. The van der Waals surface area contributed by atoms with Gasteiger partial charge in [0.2, 0.25) is 11.8 Å². The maximum absolute atomic E-state index is 12.5. The van der Waals surface area contributed by atoms with Gasteiger partial charge in [0, 0.05) is 18.5 Å². The molecule has 6 nitrogen and oxygen atoms in total. The molecule has 1 aromatic heterocycles. The Morgan fingerprint density at radius 2 is 2.15 bits per heavy atom. The van der Waals surface area contributed by atoms with Crippen LogP contribution < -0.4 is 5.32 Å². The summed E-state index contributed by atoms with van der Waals surface area (Å²) in [7, 11) is 0. The molecule has 6 heteroatoms. The molecule has 0 spiro atoms. The fourth-order valence-electron chi connectivity index (χ4n) is 2.46. The Morgan fingerprint density at radius 1 is 1.40 bits per heavy atom. The predicted molar refractivity (Wildman–Crippen MR) is 72.8 cm³/mol. The van der Waals surface area contributed by atoms with Gasteiger partial charge in [-0.3, -0.25) is 9.59 Å². The van der Waals surface area contributed by atoms with Gasteiger partial charge in [0.25, 0.3) is 0 Å². The molecule has 0 aliphatic carbocycles. The number of nitrogens with one attached hydrogen (secondary N) is 1. The fraction of sp³-hybridized carbons (Fsp3) is 0.643. The number of amides is 2. The Bertz CT molecular complexity index is 490. The molecule has 20 heavy (non-hydrogen) atoms. The molecular weight excluding hydrogens is 258 g/mol. The molecule has 1 saturated heterocycles. The molecule has 1 unspecified atom stereocenters. The maximum Gasteiger partial charge on any atom is 0.245 e. The van der Waals surface area contributed by atoms with Crippen LogP contribution in [0.1, 0.15) is 43.2 Å². The van der Waals surface area contributed by atoms with E-state index in [0.717, 1.165) is 23.4 Å². The summed E-state index contributed by atoms with van der Waals surface area (Å²) in [5, 5.41) is 6.70. The second-order valence-electron chi connectivity index (χ2n) is 5.22. The minimum Gasteiger partial charge on any atom is -0.361 e. The van der Waals surface area contributed by atoms with Crippen LogP contribution in [0.5, 0.6) is 0 Å². The molecule has 1 N–H and O–H groups in total. The van der Waals surface area contributed by atoms with Crippen molar-refractivity contribution in [2.24, 2.45) is 0 Å². The van der Waals surface area contributed by atoms with Crippen LogP contribution >= 0.6 is 0 Å². The molecule has 0 radical (unpaired) electrons. The van der Waals surface area contributed by atoms with Crippen molar-refractivity contribution in [2.45, 2.75) is 52.6 Å². The molecule has 0 bridgehead atoms. The first-order chi connectivity index (χ1) is 9.52. The summed E-state index contributed by atoms with van der Waals surface area (Å²) in [5.74, 6) is 0.654. The zero-order chi connectivity index (χ0) is 14.7. The zero-order valence-electron chi connectivity index (χ0n) is 12.2. The molecule has 0 saturated carbocycles. The van der Waals surface area contributed by atoms with Crippen LogP contribution in [0.3, 0.4) is 0 Å². The quantitative estimate of drug-likeness (QED) is 0.901. The monoisotopic (exact) mass is 279 g/mol. The highest BCUT2D eigenvalue weighted by Crippen LogP contribution is 2.17. The van der Waals surface area contributed by atoms with E-state index in [1.165, 1.54) is 0 Å². The first kappa shape index (κ1) is 14.6. The van der Waals surface area contributed by atoms with Crippen molar-refractivity contribution in [1.29, 1.82) is 0 Å². The van der Waals surface area contributed by atoms with Crippen molar-refractivity contribution in [3.63, 3.8) is 0 Å². The third-order valence-electron chi connectivity index (χ3n) is 3.66. The Hall–Kier alpha value is -1.85. The summed E-state index contributed by atoms with van der Waals surface area (Å²) in [6, 6.07) is -0.407. The van der Waals surface area contributed by atoms with Crippen LogP contribution in [0.2, 0.25) is 0 Å². The predicted octanol–water partition coefficient (Wildman–Crippen LogP) is 1.31. The van der Waals surface area contributed by atoms with Crippen molar-refractivity contribution >= 4 is 11.8 Å². The fourth-order valence-corrected chi connectivity index (χ4v) is 2.46. The topological polar surface area (TPSA) is 75.4 Å². The van der Waals surface area contributed by atoms with Gasteiger partial charge in [0.15, 0.2) is 0 Å². The summed E-state index contributed by atoms with van der Waals surface area (Å²) < 4.78 is 5.13. The highest BCUT2D eigenvalue weighted by atomic mass is 16.5. The van der Waals surface area contributed by atoms with Crippen LogP contribution in [-0.2, 0) is 16.1 Å². The SMILES string of the molecule is CCCC1NC(=O)CCN(Cc2c(C)noc2C)C1=O. The maximum atomic E-state index is 12.5. The number of rotatable bonds is 4. The normalized spacial score (nSPS) is 19.9. The lowest BCUT2D eigenvalue weighted by molar-refractivity contribution is -0.134. The van der Waals surface area contributed by atoms with Crippen LogP contribution in [0.25, 0.3) is 0 Å². The van der Waals surface area contributed by atoms with Gasteiger partial charge >= 0.3 is 0 Å². The van der Waals surface area contributed by atoms with E-state index in [9.17, 15) is 9.59 Å². The van der Waals surface area contributed by atoms with Gasteiger partial charge in [-0.25, -0.2) is 0 Å². The number of carbonyl (C=O) groups excluding carboxylic acids is 2. The van der Waals surface area contributed by atoms with Gasteiger partial charge in [0.05, 0.1) is 12.2 Å². The summed E-state index contributed by atoms with van der Waals surface area (Å²) in [4.78, 5) is 25.9. The number of hydrogen-bond donors (Lipinski definition) is 1. The van der Waals surface area contributed by atoms with Crippen molar-refractivity contribution in [2.75, 3.05) is 6.54 Å². The Balaban J connectivity index is 2.17. The molecule has 2 amide bonds. The van der Waals surface area contributed by atoms with E-state index in [4.69, 9.17) is 4.52 Å². The average Bonchev–Trinajstić information content (AvgIpc) is 2.65. The van der Waals surface area contributed by atoms with Gasteiger partial charge in [0.1, 0.15) is 11.8 Å². The van der Waals surface area contributed by atoms with Crippen molar-refractivity contribution in [3.05, 3.63) is 17.0 Å². The minimum atomic E-state index is -0.407. The summed E-state index contributed by atoms with van der Waals surface area (Å²) >= 11 is 0. The van der Waals surface area contributed by atoms with E-state index in [-0.39, 0.29) is 11.8 Å². The van der Waals surface area contributed by atoms with Crippen molar-refractivity contribution in [3.8, 4) is 0 Å². The van der Waals surface area contributed by atoms with Gasteiger partial charge in [-0.2, -0.15) is 0 Å².